The largest absolute Gasteiger partial charge is 0.420 e. The average Bonchev–Trinajstić information content (AvgIpc) is 3.96. The lowest BCUT2D eigenvalue weighted by molar-refractivity contribution is -0.136. The highest BCUT2D eigenvalue weighted by atomic mass is 19.2. The van der Waals surface area contributed by atoms with Crippen molar-refractivity contribution in [2.75, 3.05) is 0 Å². The second-order valence-corrected chi connectivity index (χ2v) is 20.3. The summed E-state index contributed by atoms with van der Waals surface area (Å²) < 4.78 is 98.0. The number of ketones is 2. The molecule has 2 saturated heterocycles. The zero-order valence-corrected chi connectivity index (χ0v) is 40.9. The summed E-state index contributed by atoms with van der Waals surface area (Å²) in [5.41, 5.74) is -3.96. The predicted molar refractivity (Wildman–Crippen MR) is 253 cm³/mol. The number of fused-ring (bicyclic) bond motifs is 10. The minimum Gasteiger partial charge on any atom is -0.420 e. The van der Waals surface area contributed by atoms with Gasteiger partial charge < -0.3 is 37.9 Å². The zero-order chi connectivity index (χ0) is 53.0. The average molecular weight is 1050 g/mol. The van der Waals surface area contributed by atoms with E-state index in [9.17, 15) is 60.3 Å². The van der Waals surface area contributed by atoms with Gasteiger partial charge in [-0.3, -0.25) is 38.4 Å². The van der Waals surface area contributed by atoms with Gasteiger partial charge in [0.05, 0.1) is 36.4 Å². The van der Waals surface area contributed by atoms with E-state index in [0.29, 0.717) is 62.6 Å². The molecule has 396 valence electrons. The number of carbonyl (C=O) groups excluding carboxylic acids is 6. The molecule has 4 aliphatic heterocycles. The standard InChI is InChI=1S/C54H53F5N4O12/c1-27-17-37(56)33(38(57)18-27)13-15-41(64)35-23-60-25-43-62(29-9-11-31(21-29)72-43)53(70)47(60)51(49(35)68)74-45(66)7-5-3-2-4-6-8-46(67)75-52-48-54(71)63-30-10-12-32(22-30)73-44(63)26-61(48)24-36(50(52)69)42(65)16-14-34-39(58)19-28(55)20-40(34)59/h17-20,23-24,29-32,43-44H,2-16,21-22,25-26H2,1H3/t29-,30-,31+,32+,43+,44+/m1/s1. The van der Waals surface area contributed by atoms with Crippen molar-refractivity contribution < 1.29 is 69.7 Å². The molecule has 10 rings (SSSR count). The number of amides is 2. The Morgan fingerprint density at radius 1 is 0.560 bits per heavy atom. The molecule has 2 aliphatic carbocycles. The minimum atomic E-state index is -1.21. The van der Waals surface area contributed by atoms with Crippen LogP contribution in [0.4, 0.5) is 22.0 Å². The first-order valence-corrected chi connectivity index (χ1v) is 25.5. The second-order valence-electron chi connectivity index (χ2n) is 20.3. The Morgan fingerprint density at radius 2 is 0.960 bits per heavy atom. The van der Waals surface area contributed by atoms with Gasteiger partial charge in [0.2, 0.25) is 22.4 Å². The van der Waals surface area contributed by atoms with Crippen LogP contribution in [0.25, 0.3) is 0 Å². The number of benzene rings is 2. The number of rotatable bonds is 18. The van der Waals surface area contributed by atoms with Gasteiger partial charge in [-0.1, -0.05) is 19.3 Å². The summed E-state index contributed by atoms with van der Waals surface area (Å²) in [4.78, 5) is 113. The molecule has 0 N–H and O–H groups in total. The monoisotopic (exact) mass is 1040 g/mol. The third kappa shape index (κ3) is 10.2. The highest BCUT2D eigenvalue weighted by Gasteiger charge is 2.50. The number of Topliss-reactive ketones (excluding diaryl/α,β-unsaturated/α-hetero) is 2. The lowest BCUT2D eigenvalue weighted by atomic mass is 10.00. The van der Waals surface area contributed by atoms with E-state index in [-0.39, 0.29) is 86.4 Å². The Hall–Kier alpha value is -6.87. The number of pyridine rings is 2. The number of nitrogens with zero attached hydrogens (tertiary/aromatic N) is 4. The van der Waals surface area contributed by atoms with Crippen molar-refractivity contribution in [3.63, 3.8) is 0 Å². The van der Waals surface area contributed by atoms with Crippen molar-refractivity contribution in [2.24, 2.45) is 0 Å². The molecule has 4 bridgehead atoms. The number of carbonyl (C=O) groups is 6. The van der Waals surface area contributed by atoms with Crippen molar-refractivity contribution >= 4 is 35.3 Å². The molecule has 2 amide bonds. The first-order chi connectivity index (χ1) is 35.9. The number of esters is 2. The van der Waals surface area contributed by atoms with Gasteiger partial charge >= 0.3 is 11.9 Å². The first-order valence-electron chi connectivity index (χ1n) is 25.5. The number of aryl methyl sites for hydroxylation is 1. The number of hydrogen-bond donors (Lipinski definition) is 0. The van der Waals surface area contributed by atoms with Gasteiger partial charge in [-0.15, -0.1) is 0 Å². The Bertz CT molecular complexity index is 2920. The molecule has 0 spiro atoms. The summed E-state index contributed by atoms with van der Waals surface area (Å²) >= 11 is 0. The fraction of sp³-hybridized carbons (Fsp3) is 0.481. The summed E-state index contributed by atoms with van der Waals surface area (Å²) in [6.07, 6.45) is 4.40. The van der Waals surface area contributed by atoms with Crippen molar-refractivity contribution in [3.8, 4) is 11.5 Å². The zero-order valence-electron chi connectivity index (χ0n) is 40.9. The van der Waals surface area contributed by atoms with Crippen molar-refractivity contribution in [1.29, 1.82) is 0 Å². The Balaban J connectivity index is 0.774. The van der Waals surface area contributed by atoms with Gasteiger partial charge in [0.25, 0.3) is 11.8 Å². The highest BCUT2D eigenvalue weighted by molar-refractivity contribution is 6.02. The Labute approximate surface area is 425 Å². The molecule has 2 aromatic heterocycles. The van der Waals surface area contributed by atoms with E-state index in [4.69, 9.17) is 18.9 Å². The molecular formula is C54H53F5N4O12. The lowest BCUT2D eigenvalue weighted by Crippen LogP contribution is -2.57. The number of hydrogen-bond acceptors (Lipinski definition) is 12. The van der Waals surface area contributed by atoms with E-state index in [0.717, 1.165) is 31.2 Å². The van der Waals surface area contributed by atoms with E-state index in [1.807, 2.05) is 0 Å². The van der Waals surface area contributed by atoms with Crippen LogP contribution in [0.3, 0.4) is 0 Å². The predicted octanol–water partition coefficient (Wildman–Crippen LogP) is 7.35. The Kier molecular flexibility index (Phi) is 14.5. The van der Waals surface area contributed by atoms with E-state index in [1.165, 1.54) is 27.2 Å². The number of unbranched alkanes of at least 4 members (excludes halogenated alkanes) is 4. The van der Waals surface area contributed by atoms with E-state index in [2.05, 4.69) is 0 Å². The normalized spacial score (nSPS) is 22.1. The van der Waals surface area contributed by atoms with Crippen LogP contribution in [0.5, 0.6) is 11.5 Å². The molecular weight excluding hydrogens is 992 g/mol. The lowest BCUT2D eigenvalue weighted by Gasteiger charge is -2.44. The molecule has 4 aromatic rings. The van der Waals surface area contributed by atoms with Crippen molar-refractivity contribution in [2.45, 2.75) is 166 Å². The number of ether oxygens (including phenoxy) is 4. The van der Waals surface area contributed by atoms with Gasteiger partial charge in [0, 0.05) is 73.4 Å². The third-order valence-corrected chi connectivity index (χ3v) is 15.3. The molecule has 21 heteroatoms. The first kappa shape index (κ1) is 51.6. The molecule has 4 fully saturated rings. The molecule has 6 atom stereocenters. The maximum Gasteiger partial charge on any atom is 0.311 e. The summed E-state index contributed by atoms with van der Waals surface area (Å²) in [7, 11) is 0. The fourth-order valence-corrected chi connectivity index (χ4v) is 11.6. The van der Waals surface area contributed by atoms with Gasteiger partial charge in [-0.05, 0) is 88.8 Å². The highest BCUT2D eigenvalue weighted by Crippen LogP contribution is 2.41. The van der Waals surface area contributed by atoms with Crippen LogP contribution in [0.2, 0.25) is 0 Å². The van der Waals surface area contributed by atoms with Crippen molar-refractivity contribution in [1.82, 2.24) is 18.9 Å². The number of halogens is 5. The maximum atomic E-state index is 14.7. The second kappa shape index (κ2) is 21.0. The van der Waals surface area contributed by atoms with Crippen LogP contribution in [-0.4, -0.2) is 91.0 Å². The van der Waals surface area contributed by atoms with E-state index < -0.39 is 135 Å². The van der Waals surface area contributed by atoms with Gasteiger partial charge in [-0.25, -0.2) is 22.0 Å². The number of aromatic nitrogens is 2. The Morgan fingerprint density at radius 3 is 1.39 bits per heavy atom. The van der Waals surface area contributed by atoms with Crippen LogP contribution in [-0.2, 0) is 45.0 Å². The molecule has 6 heterocycles. The van der Waals surface area contributed by atoms with Gasteiger partial charge in [0.1, 0.15) is 29.1 Å². The van der Waals surface area contributed by atoms with E-state index in [1.54, 1.807) is 4.90 Å². The molecule has 16 nitrogen and oxygen atoms in total. The summed E-state index contributed by atoms with van der Waals surface area (Å²) in [6, 6.07) is 2.90. The third-order valence-electron chi connectivity index (χ3n) is 15.3. The maximum absolute atomic E-state index is 14.7. The van der Waals surface area contributed by atoms with Gasteiger partial charge in [-0.2, -0.15) is 0 Å². The summed E-state index contributed by atoms with van der Waals surface area (Å²) in [5, 5.41) is 0. The van der Waals surface area contributed by atoms with E-state index >= 15 is 0 Å². The van der Waals surface area contributed by atoms with Crippen molar-refractivity contribution in [3.05, 3.63) is 125 Å². The topological polar surface area (TPSA) is 190 Å². The molecule has 6 aliphatic rings. The van der Waals surface area contributed by atoms with Crippen LogP contribution in [0.1, 0.15) is 155 Å². The molecule has 0 radical (unpaired) electrons. The van der Waals surface area contributed by atoms with Crippen LogP contribution in [0.15, 0.2) is 46.2 Å². The molecule has 2 saturated carbocycles. The molecule has 0 unspecified atom stereocenters. The summed E-state index contributed by atoms with van der Waals surface area (Å²) in [5.74, 6) is -11.1. The fourth-order valence-electron chi connectivity index (χ4n) is 11.6. The molecule has 75 heavy (non-hydrogen) atoms. The van der Waals surface area contributed by atoms with Crippen LogP contribution in [0, 0.1) is 36.0 Å². The summed E-state index contributed by atoms with van der Waals surface area (Å²) in [6.45, 7) is 1.57. The quantitative estimate of drug-likeness (QED) is 0.0418. The van der Waals surface area contributed by atoms with Crippen LogP contribution >= 0.6 is 0 Å². The smallest absolute Gasteiger partial charge is 0.311 e. The van der Waals surface area contributed by atoms with Gasteiger partial charge in [0.15, 0.2) is 35.4 Å². The minimum absolute atomic E-state index is 0.00800. The van der Waals surface area contributed by atoms with Crippen LogP contribution < -0.4 is 20.3 Å². The molecule has 2 aromatic carbocycles. The SMILES string of the molecule is Cc1cc(F)c(CCC(=O)c2cn3c(c(OC(=O)CCCCCCCC(=O)Oc4c5n(cc(C(=O)CCc6c(F)cc(F)cc6F)c4=O)C[C@@H]4O[C@H]6CC[C@H](C6)N4C5=O)c2=O)C(=O)N2[C@@H]4CC[C@@H](C4)O[C@H]2C3)c(F)c1.